The number of carbonyl (C=O) groups excluding carboxylic acids is 1. The van der Waals surface area contributed by atoms with Crippen molar-refractivity contribution < 1.29 is 31.1 Å². The van der Waals surface area contributed by atoms with Gasteiger partial charge in [0.15, 0.2) is 0 Å². The van der Waals surface area contributed by atoms with E-state index in [-0.39, 0.29) is 18.1 Å². The second-order valence-corrected chi connectivity index (χ2v) is 7.89. The molecule has 0 atom stereocenters. The number of aromatic nitrogens is 2. The van der Waals surface area contributed by atoms with E-state index in [9.17, 15) is 26.4 Å². The maximum Gasteiger partial charge on any atom is 0.417 e. The highest BCUT2D eigenvalue weighted by atomic mass is 32.2. The molecule has 0 bridgehead atoms. The Morgan fingerprint density at radius 3 is 2.53 bits per heavy atom. The monoisotopic (exact) mass is 440 g/mol. The molecule has 30 heavy (non-hydrogen) atoms. The first-order chi connectivity index (χ1) is 14.0. The predicted molar refractivity (Wildman–Crippen MR) is 101 cm³/mol. The van der Waals surface area contributed by atoms with Crippen molar-refractivity contribution >= 4 is 26.8 Å². The molecule has 0 aliphatic rings. The van der Waals surface area contributed by atoms with Crippen LogP contribution >= 0.6 is 0 Å². The van der Waals surface area contributed by atoms with Crippen LogP contribution in [-0.2, 0) is 16.2 Å². The quantitative estimate of drug-likeness (QED) is 0.607. The summed E-state index contributed by atoms with van der Waals surface area (Å²) in [5.74, 6) is -0.650. The van der Waals surface area contributed by atoms with E-state index in [0.29, 0.717) is 22.8 Å². The third kappa shape index (κ3) is 5.64. The van der Waals surface area contributed by atoms with Gasteiger partial charge in [0.05, 0.1) is 16.8 Å². The van der Waals surface area contributed by atoms with Crippen molar-refractivity contribution in [2.75, 3.05) is 12.3 Å². The van der Waals surface area contributed by atoms with Crippen molar-refractivity contribution in [1.29, 1.82) is 0 Å². The highest BCUT2D eigenvalue weighted by Crippen LogP contribution is 2.30. The lowest BCUT2D eigenvalue weighted by Gasteiger charge is -2.09. The molecule has 0 unspecified atom stereocenters. The van der Waals surface area contributed by atoms with Crippen molar-refractivity contribution in [3.63, 3.8) is 0 Å². The zero-order chi connectivity index (χ0) is 21.9. The molecule has 3 aromatic rings. The number of rotatable bonds is 6. The van der Waals surface area contributed by atoms with Gasteiger partial charge < -0.3 is 10.1 Å². The summed E-state index contributed by atoms with van der Waals surface area (Å²) >= 11 is 0. The molecule has 1 amide bonds. The summed E-state index contributed by atoms with van der Waals surface area (Å²) in [5.41, 5.74) is -0.343. The van der Waals surface area contributed by atoms with Crippen molar-refractivity contribution in [1.82, 2.24) is 15.3 Å². The molecule has 1 aromatic carbocycles. The van der Waals surface area contributed by atoms with Crippen LogP contribution in [0.3, 0.4) is 0 Å². The Hall–Kier alpha value is -3.25. The second kappa shape index (κ2) is 8.24. The van der Waals surface area contributed by atoms with Crippen LogP contribution < -0.4 is 15.2 Å². The van der Waals surface area contributed by atoms with Crippen LogP contribution in [0.25, 0.3) is 10.9 Å². The Bertz CT molecular complexity index is 1180. The maximum absolute atomic E-state index is 12.6. The molecule has 8 nitrogen and oxygen atoms in total. The Kier molecular flexibility index (Phi) is 5.89. The van der Waals surface area contributed by atoms with Gasteiger partial charge in [-0.3, -0.25) is 4.79 Å². The number of benzene rings is 1. The molecule has 0 radical (unpaired) electrons. The molecular weight excluding hydrogens is 425 g/mol. The van der Waals surface area contributed by atoms with Gasteiger partial charge >= 0.3 is 6.18 Å². The molecule has 12 heteroatoms. The van der Waals surface area contributed by atoms with Crippen molar-refractivity contribution in [2.24, 2.45) is 5.14 Å². The Morgan fingerprint density at radius 2 is 1.90 bits per heavy atom. The van der Waals surface area contributed by atoms with Crippen LogP contribution in [0.15, 0.2) is 48.7 Å². The zero-order valence-electron chi connectivity index (χ0n) is 15.2. The van der Waals surface area contributed by atoms with Gasteiger partial charge in [-0.25, -0.2) is 23.5 Å². The lowest BCUT2D eigenvalue weighted by molar-refractivity contribution is -0.137. The number of nitrogens with two attached hydrogens (primary N) is 1. The molecule has 158 valence electrons. The number of primary sulfonamides is 1. The number of hydrogen-bond acceptors (Lipinski definition) is 6. The van der Waals surface area contributed by atoms with Crippen LogP contribution in [0.1, 0.15) is 16.1 Å². The standard InChI is InChI=1S/C18H15F3N4O4S/c19-18(20,21)12-2-6-16(24-10-12)29-13-3-5-14-11(9-13)1-4-15(25-14)17(26)23-7-8-30(22,27)28/h1-6,9-10H,7-8H2,(H,23,26)(H2,22,27,28). The molecule has 0 saturated carbocycles. The third-order valence-corrected chi connectivity index (χ3v) is 4.62. The Balaban J connectivity index is 1.71. The summed E-state index contributed by atoms with van der Waals surface area (Å²) in [6.07, 6.45) is -3.80. The van der Waals surface area contributed by atoms with E-state index in [1.807, 2.05) is 0 Å². The van der Waals surface area contributed by atoms with E-state index < -0.39 is 33.4 Å². The fourth-order valence-electron chi connectivity index (χ4n) is 2.42. The average Bonchev–Trinajstić information content (AvgIpc) is 2.66. The molecule has 0 fully saturated rings. The molecule has 0 aliphatic carbocycles. The first-order valence-corrected chi connectivity index (χ1v) is 10.1. The molecular formula is C18H15F3N4O4S. The first-order valence-electron chi connectivity index (χ1n) is 8.42. The average molecular weight is 440 g/mol. The number of alkyl halides is 3. The number of nitrogens with zero attached hydrogens (tertiary/aromatic N) is 2. The third-order valence-electron chi connectivity index (χ3n) is 3.85. The van der Waals surface area contributed by atoms with Gasteiger partial charge in [-0.05, 0) is 30.3 Å². The smallest absolute Gasteiger partial charge is 0.417 e. The molecule has 0 saturated heterocycles. The van der Waals surface area contributed by atoms with Gasteiger partial charge in [-0.2, -0.15) is 13.2 Å². The zero-order valence-corrected chi connectivity index (χ0v) is 16.0. The number of amides is 1. The summed E-state index contributed by atoms with van der Waals surface area (Å²) in [6, 6.07) is 9.70. The SMILES string of the molecule is NS(=O)(=O)CCNC(=O)c1ccc2cc(Oc3ccc(C(F)(F)F)cn3)ccc2n1. The minimum atomic E-state index is -4.48. The van der Waals surface area contributed by atoms with Crippen molar-refractivity contribution in [3.05, 3.63) is 59.9 Å². The van der Waals surface area contributed by atoms with Gasteiger partial charge in [-0.1, -0.05) is 6.07 Å². The number of halogens is 3. The lowest BCUT2D eigenvalue weighted by atomic mass is 10.2. The van der Waals surface area contributed by atoms with Gasteiger partial charge in [0.1, 0.15) is 11.4 Å². The Morgan fingerprint density at radius 1 is 1.13 bits per heavy atom. The van der Waals surface area contributed by atoms with Gasteiger partial charge in [0.25, 0.3) is 5.91 Å². The minimum absolute atomic E-state index is 0.0128. The number of nitrogens with one attached hydrogen (secondary N) is 1. The van der Waals surface area contributed by atoms with Gasteiger partial charge in [0.2, 0.25) is 15.9 Å². The second-order valence-electron chi connectivity index (χ2n) is 6.16. The number of fused-ring (bicyclic) bond motifs is 1. The van der Waals surface area contributed by atoms with Gasteiger partial charge in [-0.15, -0.1) is 0 Å². The summed E-state index contributed by atoms with van der Waals surface area (Å²) in [4.78, 5) is 19.9. The van der Waals surface area contributed by atoms with E-state index in [2.05, 4.69) is 15.3 Å². The molecule has 0 spiro atoms. The van der Waals surface area contributed by atoms with Gasteiger partial charge in [0, 0.05) is 24.2 Å². The maximum atomic E-state index is 12.6. The highest BCUT2D eigenvalue weighted by molar-refractivity contribution is 7.89. The van der Waals surface area contributed by atoms with E-state index in [0.717, 1.165) is 12.1 Å². The van der Waals surface area contributed by atoms with E-state index >= 15 is 0 Å². The van der Waals surface area contributed by atoms with Crippen LogP contribution in [0.2, 0.25) is 0 Å². The molecule has 2 aromatic heterocycles. The van der Waals surface area contributed by atoms with E-state index in [4.69, 9.17) is 9.88 Å². The van der Waals surface area contributed by atoms with Crippen LogP contribution in [-0.4, -0.2) is 36.6 Å². The number of ether oxygens (including phenoxy) is 1. The largest absolute Gasteiger partial charge is 0.439 e. The first kappa shape index (κ1) is 21.5. The lowest BCUT2D eigenvalue weighted by Crippen LogP contribution is -2.31. The molecule has 0 aliphatic heterocycles. The van der Waals surface area contributed by atoms with Crippen LogP contribution in [0.5, 0.6) is 11.6 Å². The van der Waals surface area contributed by atoms with Crippen molar-refractivity contribution in [2.45, 2.75) is 6.18 Å². The predicted octanol–water partition coefficient (Wildman–Crippen LogP) is 2.46. The highest BCUT2D eigenvalue weighted by Gasteiger charge is 2.30. The van der Waals surface area contributed by atoms with Crippen LogP contribution in [0, 0.1) is 0 Å². The number of pyridine rings is 2. The molecule has 3 N–H and O–H groups in total. The summed E-state index contributed by atoms with van der Waals surface area (Å²) in [7, 11) is -3.69. The summed E-state index contributed by atoms with van der Waals surface area (Å²) in [5, 5.41) is 7.89. The topological polar surface area (TPSA) is 124 Å². The number of sulfonamides is 1. The number of carbonyl (C=O) groups is 1. The van der Waals surface area contributed by atoms with E-state index in [1.165, 1.54) is 12.1 Å². The normalized spacial score (nSPS) is 12.0. The fraction of sp³-hybridized carbons (Fsp3) is 0.167. The molecule has 3 rings (SSSR count). The van der Waals surface area contributed by atoms with Crippen LogP contribution in [0.4, 0.5) is 13.2 Å². The van der Waals surface area contributed by atoms with Crippen molar-refractivity contribution in [3.8, 4) is 11.6 Å². The Labute approximate surface area is 168 Å². The fourth-order valence-corrected chi connectivity index (χ4v) is 2.81. The van der Waals surface area contributed by atoms with E-state index in [1.54, 1.807) is 18.2 Å². The minimum Gasteiger partial charge on any atom is -0.439 e. The summed E-state index contributed by atoms with van der Waals surface area (Å²) < 4.78 is 65.0. The summed E-state index contributed by atoms with van der Waals surface area (Å²) in [6.45, 7) is -0.149. The number of hydrogen-bond donors (Lipinski definition) is 2. The molecule has 2 heterocycles.